The Hall–Kier alpha value is -2.39. The van der Waals surface area contributed by atoms with E-state index in [4.69, 9.17) is 4.74 Å². The molecule has 24 heavy (non-hydrogen) atoms. The zero-order chi connectivity index (χ0) is 16.8. The zero-order valence-corrected chi connectivity index (χ0v) is 14.7. The quantitative estimate of drug-likeness (QED) is 0.542. The Kier molecular flexibility index (Phi) is 5.44. The van der Waals surface area contributed by atoms with E-state index >= 15 is 0 Å². The lowest BCUT2D eigenvalue weighted by atomic mass is 10.1. The van der Waals surface area contributed by atoms with Gasteiger partial charge in [-0.25, -0.2) is 0 Å². The summed E-state index contributed by atoms with van der Waals surface area (Å²) in [7, 11) is 0. The molecule has 0 amide bonds. The number of carbonyl (C=O) groups excluding carboxylic acids is 1. The summed E-state index contributed by atoms with van der Waals surface area (Å²) >= 11 is 3.36. The Balaban J connectivity index is 1.56. The number of hydrogen-bond acceptors (Lipinski definition) is 2. The fourth-order valence-corrected chi connectivity index (χ4v) is 2.67. The standard InChI is InChI=1S/C21H17BrO2/c22-19-10-8-18(9-11-19)21(23)15-24-20-12-6-17(7-13-20)14-16-4-2-1-3-5-16/h1-13H,14-15H2. The number of carbonyl (C=O) groups is 1. The topological polar surface area (TPSA) is 26.3 Å². The molecule has 0 aromatic heterocycles. The Morgan fingerprint density at radius 2 is 1.42 bits per heavy atom. The molecule has 0 saturated heterocycles. The van der Waals surface area contributed by atoms with E-state index < -0.39 is 0 Å². The molecule has 0 spiro atoms. The molecule has 0 heterocycles. The predicted molar refractivity (Wildman–Crippen MR) is 99.7 cm³/mol. The van der Waals surface area contributed by atoms with Gasteiger partial charge < -0.3 is 4.74 Å². The summed E-state index contributed by atoms with van der Waals surface area (Å²) < 4.78 is 6.55. The van der Waals surface area contributed by atoms with Crippen LogP contribution in [0.4, 0.5) is 0 Å². The Bertz CT molecular complexity index is 794. The average molecular weight is 381 g/mol. The lowest BCUT2D eigenvalue weighted by Crippen LogP contribution is -2.11. The SMILES string of the molecule is O=C(COc1ccc(Cc2ccccc2)cc1)c1ccc(Br)cc1. The molecule has 3 rings (SSSR count). The summed E-state index contributed by atoms with van der Waals surface area (Å²) in [4.78, 5) is 12.1. The van der Waals surface area contributed by atoms with Crippen molar-refractivity contribution in [3.8, 4) is 5.75 Å². The molecular weight excluding hydrogens is 364 g/mol. The molecule has 3 aromatic rings. The molecule has 0 bridgehead atoms. The number of ketones is 1. The van der Waals surface area contributed by atoms with Crippen molar-refractivity contribution in [3.63, 3.8) is 0 Å². The van der Waals surface area contributed by atoms with Gasteiger partial charge >= 0.3 is 0 Å². The molecular formula is C21H17BrO2. The van der Waals surface area contributed by atoms with Crippen LogP contribution >= 0.6 is 15.9 Å². The summed E-state index contributed by atoms with van der Waals surface area (Å²) in [6.45, 7) is 0.0413. The number of rotatable bonds is 6. The van der Waals surface area contributed by atoms with Crippen molar-refractivity contribution in [2.75, 3.05) is 6.61 Å². The van der Waals surface area contributed by atoms with Gasteiger partial charge in [0.2, 0.25) is 0 Å². The molecule has 2 nitrogen and oxygen atoms in total. The number of hydrogen-bond donors (Lipinski definition) is 0. The van der Waals surface area contributed by atoms with Crippen molar-refractivity contribution < 1.29 is 9.53 Å². The lowest BCUT2D eigenvalue weighted by Gasteiger charge is -2.07. The van der Waals surface area contributed by atoms with Gasteiger partial charge in [0, 0.05) is 10.0 Å². The monoisotopic (exact) mass is 380 g/mol. The van der Waals surface area contributed by atoms with Crippen LogP contribution in [0.3, 0.4) is 0 Å². The van der Waals surface area contributed by atoms with Gasteiger partial charge in [0.05, 0.1) is 0 Å². The Morgan fingerprint density at radius 1 is 0.792 bits per heavy atom. The van der Waals surface area contributed by atoms with Gasteiger partial charge in [-0.1, -0.05) is 70.5 Å². The summed E-state index contributed by atoms with van der Waals surface area (Å²) in [5, 5.41) is 0. The second kappa shape index (κ2) is 7.93. The molecule has 0 saturated carbocycles. The maximum atomic E-state index is 12.1. The number of ether oxygens (including phenoxy) is 1. The fourth-order valence-electron chi connectivity index (χ4n) is 2.40. The second-order valence-electron chi connectivity index (χ2n) is 5.53. The normalized spacial score (nSPS) is 10.4. The van der Waals surface area contributed by atoms with Gasteiger partial charge in [0.25, 0.3) is 0 Å². The minimum atomic E-state index is -0.0316. The van der Waals surface area contributed by atoms with Crippen molar-refractivity contribution in [1.29, 1.82) is 0 Å². The van der Waals surface area contributed by atoms with Gasteiger partial charge in [0.15, 0.2) is 12.4 Å². The van der Waals surface area contributed by atoms with E-state index in [0.29, 0.717) is 11.3 Å². The highest BCUT2D eigenvalue weighted by Crippen LogP contribution is 2.16. The van der Waals surface area contributed by atoms with Crippen molar-refractivity contribution >= 4 is 21.7 Å². The van der Waals surface area contributed by atoms with Gasteiger partial charge in [-0.05, 0) is 41.8 Å². The minimum absolute atomic E-state index is 0.0316. The third-order valence-corrected chi connectivity index (χ3v) is 4.24. The van der Waals surface area contributed by atoms with Crippen LogP contribution in [0.2, 0.25) is 0 Å². The van der Waals surface area contributed by atoms with Crippen LogP contribution in [0.1, 0.15) is 21.5 Å². The van der Waals surface area contributed by atoms with Crippen molar-refractivity contribution in [3.05, 3.63) is 100 Å². The van der Waals surface area contributed by atoms with E-state index in [-0.39, 0.29) is 12.4 Å². The first-order valence-electron chi connectivity index (χ1n) is 7.75. The zero-order valence-electron chi connectivity index (χ0n) is 13.1. The van der Waals surface area contributed by atoms with Gasteiger partial charge in [-0.2, -0.15) is 0 Å². The Morgan fingerprint density at radius 3 is 2.08 bits per heavy atom. The van der Waals surface area contributed by atoms with E-state index in [1.165, 1.54) is 11.1 Å². The van der Waals surface area contributed by atoms with E-state index in [0.717, 1.165) is 10.9 Å². The molecule has 0 aliphatic heterocycles. The molecule has 0 unspecified atom stereocenters. The predicted octanol–water partition coefficient (Wildman–Crippen LogP) is 5.30. The highest BCUT2D eigenvalue weighted by Gasteiger charge is 2.07. The number of benzene rings is 3. The molecule has 0 N–H and O–H groups in total. The average Bonchev–Trinajstić information content (AvgIpc) is 2.62. The van der Waals surface area contributed by atoms with Crippen LogP contribution in [-0.4, -0.2) is 12.4 Å². The minimum Gasteiger partial charge on any atom is -0.485 e. The van der Waals surface area contributed by atoms with Crippen LogP contribution < -0.4 is 4.74 Å². The summed E-state index contributed by atoms with van der Waals surface area (Å²) in [5.74, 6) is 0.674. The summed E-state index contributed by atoms with van der Waals surface area (Å²) in [6.07, 6.45) is 0.888. The molecule has 3 heteroatoms. The fraction of sp³-hybridized carbons (Fsp3) is 0.0952. The number of halogens is 1. The highest BCUT2D eigenvalue weighted by atomic mass is 79.9. The van der Waals surface area contributed by atoms with E-state index in [1.54, 1.807) is 12.1 Å². The molecule has 0 atom stereocenters. The molecule has 0 aliphatic rings. The van der Waals surface area contributed by atoms with Crippen molar-refractivity contribution in [2.24, 2.45) is 0 Å². The first-order valence-corrected chi connectivity index (χ1v) is 8.54. The van der Waals surface area contributed by atoms with Gasteiger partial charge in [0.1, 0.15) is 5.75 Å². The first kappa shape index (κ1) is 16.5. The third kappa shape index (κ3) is 4.56. The van der Waals surface area contributed by atoms with Crippen molar-refractivity contribution in [1.82, 2.24) is 0 Å². The van der Waals surface area contributed by atoms with Crippen LogP contribution in [0.15, 0.2) is 83.3 Å². The smallest absolute Gasteiger partial charge is 0.200 e. The van der Waals surface area contributed by atoms with Crippen LogP contribution in [0.5, 0.6) is 5.75 Å². The van der Waals surface area contributed by atoms with Crippen molar-refractivity contribution in [2.45, 2.75) is 6.42 Å². The molecule has 0 aliphatic carbocycles. The third-order valence-electron chi connectivity index (χ3n) is 3.71. The maximum Gasteiger partial charge on any atom is 0.200 e. The van der Waals surface area contributed by atoms with Gasteiger partial charge in [-0.3, -0.25) is 4.79 Å². The van der Waals surface area contributed by atoms with Crippen LogP contribution in [0, 0.1) is 0 Å². The number of Topliss-reactive ketones (excluding diaryl/α,β-unsaturated/α-hetero) is 1. The summed E-state index contributed by atoms with van der Waals surface area (Å²) in [6, 6.07) is 25.5. The van der Waals surface area contributed by atoms with Gasteiger partial charge in [-0.15, -0.1) is 0 Å². The molecule has 0 radical (unpaired) electrons. The van der Waals surface area contributed by atoms with Crippen LogP contribution in [0.25, 0.3) is 0 Å². The van der Waals surface area contributed by atoms with E-state index in [2.05, 4.69) is 28.1 Å². The maximum absolute atomic E-state index is 12.1. The summed E-state index contributed by atoms with van der Waals surface area (Å²) in [5.41, 5.74) is 3.14. The lowest BCUT2D eigenvalue weighted by molar-refractivity contribution is 0.0921. The Labute approximate surface area is 150 Å². The first-order chi connectivity index (χ1) is 11.7. The van der Waals surface area contributed by atoms with Crippen LogP contribution in [-0.2, 0) is 6.42 Å². The van der Waals surface area contributed by atoms with E-state index in [1.807, 2.05) is 54.6 Å². The molecule has 0 fully saturated rings. The largest absolute Gasteiger partial charge is 0.485 e. The molecule has 120 valence electrons. The van der Waals surface area contributed by atoms with E-state index in [9.17, 15) is 4.79 Å². The second-order valence-corrected chi connectivity index (χ2v) is 6.44. The highest BCUT2D eigenvalue weighted by molar-refractivity contribution is 9.10. The molecule has 3 aromatic carbocycles.